The molecule has 0 aliphatic carbocycles. The van der Waals surface area contributed by atoms with Crippen molar-refractivity contribution in [2.24, 2.45) is 11.8 Å². The van der Waals surface area contributed by atoms with E-state index in [-0.39, 0.29) is 24.2 Å². The van der Waals surface area contributed by atoms with Crippen LogP contribution in [-0.4, -0.2) is 84.3 Å². The predicted octanol–water partition coefficient (Wildman–Crippen LogP) is 3.05. The van der Waals surface area contributed by atoms with Crippen molar-refractivity contribution < 1.29 is 14.3 Å². The summed E-state index contributed by atoms with van der Waals surface area (Å²) in [4.78, 5) is 33.1. The number of rotatable bonds is 8. The molecule has 8 heteroatoms. The second-order valence-electron chi connectivity index (χ2n) is 10.1. The number of nitrogens with zero attached hydrogens (tertiary/aromatic N) is 4. The minimum Gasteiger partial charge on any atom is -0.385 e. The molecule has 34 heavy (non-hydrogen) atoms. The lowest BCUT2D eigenvalue weighted by atomic mass is 9.83. The standard InChI is InChI=1S/C26H37N5O3/c1-34-15-7-14-30(17-19-8-6-13-29-12-5-4-11-23(19)29)26(33)20-16-24(32)31(18-20)25-21-9-2-3-10-22(21)27-28-25/h2-3,9-10,19-20,23H,4-8,11-18H2,1H3,(H,27,28). The van der Waals surface area contributed by atoms with Gasteiger partial charge < -0.3 is 14.5 Å². The molecule has 0 spiro atoms. The molecule has 3 saturated heterocycles. The van der Waals surface area contributed by atoms with Crippen molar-refractivity contribution in [2.75, 3.05) is 51.3 Å². The summed E-state index contributed by atoms with van der Waals surface area (Å²) in [5, 5.41) is 8.33. The number of carbonyl (C=O) groups excluding carboxylic acids is 2. The summed E-state index contributed by atoms with van der Waals surface area (Å²) in [5.41, 5.74) is 0.899. The molecule has 3 aliphatic heterocycles. The highest BCUT2D eigenvalue weighted by molar-refractivity contribution is 6.05. The quantitative estimate of drug-likeness (QED) is 0.604. The largest absolute Gasteiger partial charge is 0.385 e. The van der Waals surface area contributed by atoms with Crippen molar-refractivity contribution >= 4 is 28.5 Å². The van der Waals surface area contributed by atoms with Crippen LogP contribution in [0.25, 0.3) is 10.9 Å². The van der Waals surface area contributed by atoms with Crippen LogP contribution in [0.2, 0.25) is 0 Å². The van der Waals surface area contributed by atoms with Gasteiger partial charge in [-0.15, -0.1) is 0 Å². The van der Waals surface area contributed by atoms with Gasteiger partial charge in [-0.25, -0.2) is 0 Å². The third-order valence-electron chi connectivity index (χ3n) is 7.95. The van der Waals surface area contributed by atoms with Gasteiger partial charge >= 0.3 is 0 Å². The van der Waals surface area contributed by atoms with Gasteiger partial charge in [-0.2, -0.15) is 5.10 Å². The van der Waals surface area contributed by atoms with E-state index in [0.29, 0.717) is 37.5 Å². The Morgan fingerprint density at radius 3 is 2.94 bits per heavy atom. The molecule has 0 radical (unpaired) electrons. The maximum absolute atomic E-state index is 13.8. The van der Waals surface area contributed by atoms with Crippen molar-refractivity contribution in [3.8, 4) is 0 Å². The van der Waals surface area contributed by atoms with E-state index in [0.717, 1.165) is 23.9 Å². The smallest absolute Gasteiger partial charge is 0.229 e. The molecule has 0 bridgehead atoms. The Hall–Kier alpha value is -2.45. The van der Waals surface area contributed by atoms with Crippen molar-refractivity contribution in [2.45, 2.75) is 51.0 Å². The second kappa shape index (κ2) is 10.4. The highest BCUT2D eigenvalue weighted by atomic mass is 16.5. The van der Waals surface area contributed by atoms with Gasteiger partial charge in [0.05, 0.1) is 11.4 Å². The Kier molecular flexibility index (Phi) is 7.15. The topological polar surface area (TPSA) is 81.8 Å². The van der Waals surface area contributed by atoms with Crippen LogP contribution in [-0.2, 0) is 14.3 Å². The number of anilines is 1. The summed E-state index contributed by atoms with van der Waals surface area (Å²) in [5.74, 6) is 0.913. The average Bonchev–Trinajstić information content (AvgIpc) is 3.46. The highest BCUT2D eigenvalue weighted by Gasteiger charge is 2.40. The van der Waals surface area contributed by atoms with Gasteiger partial charge in [0, 0.05) is 51.2 Å². The normalized spacial score (nSPS) is 25.6. The zero-order chi connectivity index (χ0) is 23.5. The minimum atomic E-state index is -0.323. The number of hydrogen-bond acceptors (Lipinski definition) is 5. The number of methoxy groups -OCH3 is 1. The lowest BCUT2D eigenvalue weighted by Gasteiger charge is -2.46. The summed E-state index contributed by atoms with van der Waals surface area (Å²) in [7, 11) is 1.70. The van der Waals surface area contributed by atoms with Gasteiger partial charge in [0.15, 0.2) is 5.82 Å². The van der Waals surface area contributed by atoms with E-state index < -0.39 is 0 Å². The molecule has 5 rings (SSSR count). The number of fused-ring (bicyclic) bond motifs is 2. The van der Waals surface area contributed by atoms with Crippen LogP contribution in [0, 0.1) is 11.8 Å². The van der Waals surface area contributed by atoms with E-state index >= 15 is 0 Å². The minimum absolute atomic E-state index is 0.0245. The first-order chi connectivity index (χ1) is 16.7. The third-order valence-corrected chi connectivity index (χ3v) is 7.95. The fraction of sp³-hybridized carbons (Fsp3) is 0.654. The molecule has 1 N–H and O–H groups in total. The van der Waals surface area contributed by atoms with E-state index in [1.807, 2.05) is 29.2 Å². The summed E-state index contributed by atoms with van der Waals surface area (Å²) < 4.78 is 5.28. The Morgan fingerprint density at radius 2 is 2.06 bits per heavy atom. The monoisotopic (exact) mass is 467 g/mol. The number of benzene rings is 1. The second-order valence-corrected chi connectivity index (χ2v) is 10.1. The number of aromatic amines is 1. The van der Waals surface area contributed by atoms with Crippen LogP contribution >= 0.6 is 0 Å². The molecule has 184 valence electrons. The van der Waals surface area contributed by atoms with E-state index in [1.54, 1.807) is 12.0 Å². The number of para-hydroxylation sites is 1. The van der Waals surface area contributed by atoms with Crippen molar-refractivity contribution in [1.29, 1.82) is 0 Å². The molecule has 3 fully saturated rings. The molecule has 2 aromatic rings. The molecule has 0 saturated carbocycles. The van der Waals surface area contributed by atoms with Crippen LogP contribution in [0.5, 0.6) is 0 Å². The number of piperidine rings is 2. The molecule has 1 aromatic heterocycles. The summed E-state index contributed by atoms with van der Waals surface area (Å²) in [6, 6.07) is 8.40. The van der Waals surface area contributed by atoms with Crippen LogP contribution in [0.3, 0.4) is 0 Å². The summed E-state index contributed by atoms with van der Waals surface area (Å²) in [6.07, 6.45) is 7.29. The number of carbonyl (C=O) groups is 2. The molecule has 3 atom stereocenters. The highest BCUT2D eigenvalue weighted by Crippen LogP contribution is 2.33. The first kappa shape index (κ1) is 23.3. The molecule has 1 aromatic carbocycles. The number of nitrogens with one attached hydrogen (secondary N) is 1. The van der Waals surface area contributed by atoms with Crippen molar-refractivity contribution in [3.05, 3.63) is 24.3 Å². The molecule has 3 aliphatic rings. The Balaban J connectivity index is 1.30. The number of hydrogen-bond donors (Lipinski definition) is 1. The Bertz CT molecular complexity index is 1010. The average molecular weight is 468 g/mol. The SMILES string of the molecule is COCCCN(CC1CCCN2CCCCC12)C(=O)C1CC(=O)N(c2n[nH]c3ccccc23)C1. The molecular weight excluding hydrogens is 430 g/mol. The van der Waals surface area contributed by atoms with Gasteiger partial charge in [0.25, 0.3) is 0 Å². The fourth-order valence-corrected chi connectivity index (χ4v) is 6.26. The molecular formula is C26H37N5O3. The third kappa shape index (κ3) is 4.70. The molecule has 4 heterocycles. The molecule has 3 unspecified atom stereocenters. The van der Waals surface area contributed by atoms with Gasteiger partial charge in [-0.1, -0.05) is 18.6 Å². The number of aromatic nitrogens is 2. The van der Waals surface area contributed by atoms with E-state index in [9.17, 15) is 9.59 Å². The molecule has 2 amide bonds. The lowest BCUT2D eigenvalue weighted by molar-refractivity contribution is -0.137. The molecule has 8 nitrogen and oxygen atoms in total. The maximum atomic E-state index is 13.8. The van der Waals surface area contributed by atoms with Gasteiger partial charge in [0.1, 0.15) is 0 Å². The lowest BCUT2D eigenvalue weighted by Crippen LogP contribution is -2.52. The van der Waals surface area contributed by atoms with Crippen LogP contribution in [0.4, 0.5) is 5.82 Å². The van der Waals surface area contributed by atoms with E-state index in [2.05, 4.69) is 15.1 Å². The van der Waals surface area contributed by atoms with Crippen LogP contribution in [0.1, 0.15) is 44.9 Å². The Labute approximate surface area is 201 Å². The van der Waals surface area contributed by atoms with Crippen LogP contribution < -0.4 is 4.90 Å². The predicted molar refractivity (Wildman–Crippen MR) is 132 cm³/mol. The van der Waals surface area contributed by atoms with Crippen molar-refractivity contribution in [1.82, 2.24) is 20.0 Å². The Morgan fingerprint density at radius 1 is 1.21 bits per heavy atom. The first-order valence-electron chi connectivity index (χ1n) is 12.9. The zero-order valence-corrected chi connectivity index (χ0v) is 20.2. The zero-order valence-electron chi connectivity index (χ0n) is 20.2. The summed E-state index contributed by atoms with van der Waals surface area (Å²) >= 11 is 0. The number of H-pyrrole nitrogens is 1. The van der Waals surface area contributed by atoms with Crippen molar-refractivity contribution in [3.63, 3.8) is 0 Å². The number of amides is 2. The maximum Gasteiger partial charge on any atom is 0.229 e. The van der Waals surface area contributed by atoms with E-state index in [1.165, 1.54) is 45.2 Å². The van der Waals surface area contributed by atoms with Gasteiger partial charge in [-0.3, -0.25) is 19.6 Å². The van der Waals surface area contributed by atoms with Gasteiger partial charge in [-0.05, 0) is 63.2 Å². The van der Waals surface area contributed by atoms with Crippen LogP contribution in [0.15, 0.2) is 24.3 Å². The first-order valence-corrected chi connectivity index (χ1v) is 12.9. The summed E-state index contributed by atoms with van der Waals surface area (Å²) in [6.45, 7) is 4.91. The fourth-order valence-electron chi connectivity index (χ4n) is 6.26. The van der Waals surface area contributed by atoms with Gasteiger partial charge in [0.2, 0.25) is 11.8 Å². The van der Waals surface area contributed by atoms with E-state index in [4.69, 9.17) is 4.74 Å². The number of ether oxygens (including phenoxy) is 1.